The lowest BCUT2D eigenvalue weighted by Gasteiger charge is -2.35. The Bertz CT molecular complexity index is 377. The van der Waals surface area contributed by atoms with Crippen LogP contribution in [0.1, 0.15) is 52.0 Å². The molecule has 0 aliphatic heterocycles. The molecule has 120 valence electrons. The van der Waals surface area contributed by atoms with Crippen molar-refractivity contribution in [3.63, 3.8) is 0 Å². The van der Waals surface area contributed by atoms with E-state index in [1.165, 1.54) is 24.8 Å². The van der Waals surface area contributed by atoms with Gasteiger partial charge in [-0.1, -0.05) is 39.3 Å². The Morgan fingerprint density at radius 3 is 2.29 bits per heavy atom. The Hall–Kier alpha value is -0.930. The lowest BCUT2D eigenvalue weighted by atomic mass is 9.98. The predicted molar refractivity (Wildman–Crippen MR) is 88.9 cm³/mol. The molecule has 2 atom stereocenters. The van der Waals surface area contributed by atoms with Gasteiger partial charge in [0.1, 0.15) is 5.82 Å². The molecule has 3 heteroatoms. The van der Waals surface area contributed by atoms with E-state index in [2.05, 4.69) is 38.0 Å². The van der Waals surface area contributed by atoms with Crippen molar-refractivity contribution in [3.05, 3.63) is 35.6 Å². The molecule has 0 spiro atoms. The van der Waals surface area contributed by atoms with Gasteiger partial charge in [0.2, 0.25) is 0 Å². The van der Waals surface area contributed by atoms with E-state index in [0.29, 0.717) is 12.1 Å². The van der Waals surface area contributed by atoms with E-state index in [1.54, 1.807) is 12.1 Å². The highest BCUT2D eigenvalue weighted by atomic mass is 19.1. The first-order chi connectivity index (χ1) is 10.1. The van der Waals surface area contributed by atoms with Crippen LogP contribution in [0.5, 0.6) is 0 Å². The van der Waals surface area contributed by atoms with E-state index < -0.39 is 0 Å². The maximum absolute atomic E-state index is 13.0. The molecule has 0 amide bonds. The van der Waals surface area contributed by atoms with Crippen LogP contribution in [-0.4, -0.2) is 30.6 Å². The standard InChI is InChI=1S/C18H31FN2/c1-5-8-17(20-13-6-2)18(7-3)21(4)14-15-9-11-16(19)12-10-15/h9-12,17-18,20H,5-8,13-14H2,1-4H3. The number of benzene rings is 1. The van der Waals surface area contributed by atoms with E-state index in [1.807, 2.05) is 12.1 Å². The fourth-order valence-electron chi connectivity index (χ4n) is 2.97. The normalized spacial score (nSPS) is 14.4. The number of nitrogens with zero attached hydrogens (tertiary/aromatic N) is 1. The Kier molecular flexibility index (Phi) is 8.55. The highest BCUT2D eigenvalue weighted by Gasteiger charge is 2.22. The minimum Gasteiger partial charge on any atom is -0.312 e. The third-order valence-corrected chi connectivity index (χ3v) is 4.05. The maximum atomic E-state index is 13.0. The van der Waals surface area contributed by atoms with E-state index in [9.17, 15) is 4.39 Å². The zero-order chi connectivity index (χ0) is 15.7. The second-order valence-electron chi connectivity index (χ2n) is 5.87. The van der Waals surface area contributed by atoms with Crippen LogP contribution in [-0.2, 0) is 6.54 Å². The summed E-state index contributed by atoms with van der Waals surface area (Å²) in [6, 6.07) is 7.90. The van der Waals surface area contributed by atoms with Crippen molar-refractivity contribution in [1.82, 2.24) is 10.2 Å². The van der Waals surface area contributed by atoms with Gasteiger partial charge in [0.15, 0.2) is 0 Å². The summed E-state index contributed by atoms with van der Waals surface area (Å²) < 4.78 is 13.0. The molecule has 0 aromatic heterocycles. The van der Waals surface area contributed by atoms with Crippen molar-refractivity contribution in [2.24, 2.45) is 0 Å². The van der Waals surface area contributed by atoms with Gasteiger partial charge in [-0.3, -0.25) is 4.90 Å². The number of likely N-dealkylation sites (N-methyl/N-ethyl adjacent to an activating group) is 1. The second kappa shape index (κ2) is 9.91. The molecular formula is C18H31FN2. The molecule has 2 nitrogen and oxygen atoms in total. The van der Waals surface area contributed by atoms with Crippen LogP contribution < -0.4 is 5.32 Å². The zero-order valence-corrected chi connectivity index (χ0v) is 14.0. The van der Waals surface area contributed by atoms with E-state index in [0.717, 1.165) is 19.5 Å². The first-order valence-electron chi connectivity index (χ1n) is 8.30. The minimum atomic E-state index is -0.165. The smallest absolute Gasteiger partial charge is 0.123 e. The van der Waals surface area contributed by atoms with Crippen LogP contribution in [0.3, 0.4) is 0 Å². The van der Waals surface area contributed by atoms with Gasteiger partial charge >= 0.3 is 0 Å². The summed E-state index contributed by atoms with van der Waals surface area (Å²) in [4.78, 5) is 2.40. The summed E-state index contributed by atoms with van der Waals surface area (Å²) in [5, 5.41) is 3.70. The third kappa shape index (κ3) is 6.15. The third-order valence-electron chi connectivity index (χ3n) is 4.05. The molecule has 2 unspecified atom stereocenters. The zero-order valence-electron chi connectivity index (χ0n) is 14.0. The van der Waals surface area contributed by atoms with Gasteiger partial charge in [0.25, 0.3) is 0 Å². The van der Waals surface area contributed by atoms with Gasteiger partial charge in [-0.2, -0.15) is 0 Å². The second-order valence-corrected chi connectivity index (χ2v) is 5.87. The van der Waals surface area contributed by atoms with Crippen molar-refractivity contribution < 1.29 is 4.39 Å². The van der Waals surface area contributed by atoms with E-state index in [-0.39, 0.29) is 5.82 Å². The monoisotopic (exact) mass is 294 g/mol. The topological polar surface area (TPSA) is 15.3 Å². The van der Waals surface area contributed by atoms with Gasteiger partial charge in [-0.25, -0.2) is 4.39 Å². The minimum absolute atomic E-state index is 0.165. The summed E-state index contributed by atoms with van der Waals surface area (Å²) in [5.74, 6) is -0.165. The van der Waals surface area contributed by atoms with Gasteiger partial charge in [-0.05, 0) is 50.6 Å². The average Bonchev–Trinajstić information content (AvgIpc) is 2.48. The Balaban J connectivity index is 2.68. The Labute approximate surface area is 129 Å². The van der Waals surface area contributed by atoms with Gasteiger partial charge in [-0.15, -0.1) is 0 Å². The Morgan fingerprint density at radius 1 is 1.10 bits per heavy atom. The fraction of sp³-hybridized carbons (Fsp3) is 0.667. The molecule has 1 aromatic carbocycles. The van der Waals surface area contributed by atoms with Gasteiger partial charge < -0.3 is 5.32 Å². The molecule has 0 saturated carbocycles. The first-order valence-corrected chi connectivity index (χ1v) is 8.30. The van der Waals surface area contributed by atoms with Crippen molar-refractivity contribution >= 4 is 0 Å². The highest BCUT2D eigenvalue weighted by molar-refractivity contribution is 5.16. The number of hydrogen-bond donors (Lipinski definition) is 1. The largest absolute Gasteiger partial charge is 0.312 e. The predicted octanol–water partition coefficient (Wildman–Crippen LogP) is 4.20. The van der Waals surface area contributed by atoms with Crippen molar-refractivity contribution in [1.29, 1.82) is 0 Å². The molecular weight excluding hydrogens is 263 g/mol. The first kappa shape index (κ1) is 18.1. The molecule has 0 heterocycles. The van der Waals surface area contributed by atoms with Gasteiger partial charge in [0, 0.05) is 18.6 Å². The summed E-state index contributed by atoms with van der Waals surface area (Å²) in [7, 11) is 2.17. The highest BCUT2D eigenvalue weighted by Crippen LogP contribution is 2.16. The van der Waals surface area contributed by atoms with E-state index in [4.69, 9.17) is 0 Å². The molecule has 1 N–H and O–H groups in total. The molecule has 0 radical (unpaired) electrons. The molecule has 0 fully saturated rings. The molecule has 0 saturated heterocycles. The lowest BCUT2D eigenvalue weighted by molar-refractivity contribution is 0.172. The summed E-state index contributed by atoms with van der Waals surface area (Å²) in [6.45, 7) is 8.65. The van der Waals surface area contributed by atoms with Crippen LogP contribution in [0.4, 0.5) is 4.39 Å². The van der Waals surface area contributed by atoms with Crippen LogP contribution in [0.2, 0.25) is 0 Å². The molecule has 1 aromatic rings. The van der Waals surface area contributed by atoms with Crippen LogP contribution in [0, 0.1) is 5.82 Å². The average molecular weight is 294 g/mol. The van der Waals surface area contributed by atoms with Crippen molar-refractivity contribution in [3.8, 4) is 0 Å². The molecule has 0 aliphatic carbocycles. The van der Waals surface area contributed by atoms with Crippen LogP contribution >= 0.6 is 0 Å². The Morgan fingerprint density at radius 2 is 1.76 bits per heavy atom. The van der Waals surface area contributed by atoms with Crippen molar-refractivity contribution in [2.45, 2.75) is 65.1 Å². The summed E-state index contributed by atoms with van der Waals surface area (Å²) in [5.41, 5.74) is 1.17. The summed E-state index contributed by atoms with van der Waals surface area (Å²) >= 11 is 0. The van der Waals surface area contributed by atoms with Crippen molar-refractivity contribution in [2.75, 3.05) is 13.6 Å². The number of rotatable bonds is 10. The summed E-state index contributed by atoms with van der Waals surface area (Å²) in [6.07, 6.45) is 4.69. The van der Waals surface area contributed by atoms with Crippen LogP contribution in [0.15, 0.2) is 24.3 Å². The molecule has 0 aliphatic rings. The number of nitrogens with one attached hydrogen (secondary N) is 1. The van der Waals surface area contributed by atoms with Crippen LogP contribution in [0.25, 0.3) is 0 Å². The SMILES string of the molecule is CCCNC(CCC)C(CC)N(C)Cc1ccc(F)cc1. The lowest BCUT2D eigenvalue weighted by Crippen LogP contribution is -2.48. The molecule has 1 rings (SSSR count). The maximum Gasteiger partial charge on any atom is 0.123 e. The number of hydrogen-bond acceptors (Lipinski definition) is 2. The van der Waals surface area contributed by atoms with Gasteiger partial charge in [0.05, 0.1) is 0 Å². The molecule has 0 bridgehead atoms. The molecule has 21 heavy (non-hydrogen) atoms. The van der Waals surface area contributed by atoms with E-state index >= 15 is 0 Å². The number of halogens is 1. The quantitative estimate of drug-likeness (QED) is 0.695. The fourth-order valence-corrected chi connectivity index (χ4v) is 2.97.